The number of carboxylic acids is 1. The smallest absolute Gasteiger partial charge is 0.329 e. The maximum Gasteiger partial charge on any atom is 0.329 e. The number of carboxylic acid groups (broad SMARTS) is 1. The van der Waals surface area contributed by atoms with Gasteiger partial charge in [-0.05, 0) is 134 Å². The third-order valence-electron chi connectivity index (χ3n) is 11.3. The van der Waals surface area contributed by atoms with Crippen LogP contribution in [0.5, 0.6) is 11.5 Å². The number of ether oxygens (including phenoxy) is 4. The molecule has 0 saturated carbocycles. The average molecular weight is 1020 g/mol. The van der Waals surface area contributed by atoms with E-state index >= 15 is 0 Å². The molecule has 2 aromatic carbocycles. The van der Waals surface area contributed by atoms with Crippen LogP contribution in [0.25, 0.3) is 0 Å². The Morgan fingerprint density at radius 1 is 0.742 bits per heavy atom. The van der Waals surface area contributed by atoms with Crippen molar-refractivity contribution in [3.8, 4) is 11.5 Å². The van der Waals surface area contributed by atoms with Gasteiger partial charge in [0.2, 0.25) is 26.0 Å². The minimum absolute atomic E-state index is 0. The van der Waals surface area contributed by atoms with Crippen LogP contribution in [-0.2, 0) is 52.0 Å². The van der Waals surface area contributed by atoms with Crippen molar-refractivity contribution < 1.29 is 50.5 Å². The molecule has 0 radical (unpaired) electrons. The van der Waals surface area contributed by atoms with Gasteiger partial charge in [-0.15, -0.1) is 35.1 Å². The van der Waals surface area contributed by atoms with Crippen molar-refractivity contribution in [2.45, 2.75) is 89.1 Å². The van der Waals surface area contributed by atoms with Crippen LogP contribution < -0.4 is 14.8 Å². The molecule has 6 rings (SSSR count). The number of halogens is 1. The fourth-order valence-corrected chi connectivity index (χ4v) is 13.0. The lowest BCUT2D eigenvalue weighted by molar-refractivity contribution is -0.142. The average Bonchev–Trinajstić information content (AvgIpc) is 3.96. The van der Waals surface area contributed by atoms with Crippen molar-refractivity contribution in [3.63, 3.8) is 0 Å². The number of amides is 1. The van der Waals surface area contributed by atoms with Crippen molar-refractivity contribution in [3.05, 3.63) is 90.3 Å². The third-order valence-corrected chi connectivity index (χ3v) is 17.7. The third kappa shape index (κ3) is 14.4. The highest BCUT2D eigenvalue weighted by Gasteiger charge is 2.31. The van der Waals surface area contributed by atoms with Gasteiger partial charge in [-0.1, -0.05) is 13.8 Å². The molecule has 0 saturated heterocycles. The first-order valence-electron chi connectivity index (χ1n) is 21.6. The van der Waals surface area contributed by atoms with E-state index in [4.69, 9.17) is 24.1 Å². The van der Waals surface area contributed by atoms with Crippen LogP contribution in [0.3, 0.4) is 0 Å². The van der Waals surface area contributed by atoms with Gasteiger partial charge in [0.05, 0.1) is 43.3 Å². The molecule has 2 unspecified atom stereocenters. The van der Waals surface area contributed by atoms with Gasteiger partial charge >= 0.3 is 5.97 Å². The Balaban J connectivity index is 0.000000292. The number of nitrogens with one attached hydrogen (secondary N) is 1. The highest BCUT2D eigenvalue weighted by Crippen LogP contribution is 2.35. The van der Waals surface area contributed by atoms with Gasteiger partial charge in [-0.3, -0.25) is 4.79 Å². The van der Waals surface area contributed by atoms with E-state index in [-0.39, 0.29) is 67.1 Å². The number of aryl methyl sites for hydroxylation is 4. The molecule has 1 amide bonds. The summed E-state index contributed by atoms with van der Waals surface area (Å²) in [6.07, 6.45) is 4.17. The Labute approximate surface area is 405 Å². The number of rotatable bonds is 18. The van der Waals surface area contributed by atoms with Crippen LogP contribution in [0.4, 0.5) is 0 Å². The normalized spacial score (nSPS) is 15.7. The van der Waals surface area contributed by atoms with E-state index in [9.17, 15) is 26.4 Å². The van der Waals surface area contributed by atoms with Crippen molar-refractivity contribution in [2.24, 2.45) is 0 Å². The van der Waals surface area contributed by atoms with Crippen molar-refractivity contribution >= 4 is 67.0 Å². The summed E-state index contributed by atoms with van der Waals surface area (Å²) in [6.45, 7) is 13.0. The molecule has 0 spiro atoms. The molecule has 2 aliphatic heterocycles. The Hall–Kier alpha value is -3.63. The zero-order valence-electron chi connectivity index (χ0n) is 39.7. The second-order valence-corrected chi connectivity index (χ2v) is 21.8. The van der Waals surface area contributed by atoms with E-state index < -0.39 is 32.6 Å². The molecule has 4 heterocycles. The van der Waals surface area contributed by atoms with Crippen LogP contribution in [0.1, 0.15) is 81.9 Å². The summed E-state index contributed by atoms with van der Waals surface area (Å²) in [7, 11) is -1.32. The van der Waals surface area contributed by atoms with Crippen molar-refractivity contribution in [1.82, 2.24) is 18.8 Å². The van der Waals surface area contributed by atoms with Crippen LogP contribution in [0.15, 0.2) is 56.9 Å². The zero-order chi connectivity index (χ0) is 48.1. The topological polar surface area (TPSA) is 181 Å². The largest absolute Gasteiger partial charge is 0.497 e. The molecule has 15 nitrogen and oxygen atoms in total. The number of likely N-dealkylation sites (N-methyl/N-ethyl adjacent to an activating group) is 2. The minimum atomic E-state index is -3.68. The van der Waals surface area contributed by atoms with Crippen LogP contribution in [0, 0.1) is 27.7 Å². The molecule has 0 fully saturated rings. The molecule has 20 heteroatoms. The number of benzene rings is 2. The number of aliphatic carboxylic acids is 1. The van der Waals surface area contributed by atoms with E-state index in [0.29, 0.717) is 46.3 Å². The minimum Gasteiger partial charge on any atom is -0.497 e. The molecule has 2 aromatic heterocycles. The molecular formula is C46H67ClN4O11S4. The monoisotopic (exact) mass is 1010 g/mol. The summed E-state index contributed by atoms with van der Waals surface area (Å²) < 4.78 is 74.6. The molecule has 0 aliphatic carbocycles. The maximum atomic E-state index is 13.1. The number of sulfonamides is 2. The van der Waals surface area contributed by atoms with E-state index in [2.05, 4.69) is 42.1 Å². The molecule has 66 heavy (non-hydrogen) atoms. The molecule has 2 atom stereocenters. The van der Waals surface area contributed by atoms with Crippen molar-refractivity contribution in [1.29, 1.82) is 0 Å². The van der Waals surface area contributed by atoms with Gasteiger partial charge in [-0.25, -0.2) is 21.6 Å². The summed E-state index contributed by atoms with van der Waals surface area (Å²) in [4.78, 5) is 28.5. The maximum absolute atomic E-state index is 13.1. The van der Waals surface area contributed by atoms with Gasteiger partial charge < -0.3 is 34.3 Å². The molecule has 2 N–H and O–H groups in total. The van der Waals surface area contributed by atoms with Gasteiger partial charge in [0, 0.05) is 56.1 Å². The molecule has 0 bridgehead atoms. The second-order valence-electron chi connectivity index (χ2n) is 15.9. The van der Waals surface area contributed by atoms with Crippen LogP contribution in [-0.4, -0.2) is 128 Å². The van der Waals surface area contributed by atoms with Gasteiger partial charge in [0.1, 0.15) is 24.7 Å². The van der Waals surface area contributed by atoms with E-state index in [1.54, 1.807) is 80.8 Å². The quantitative estimate of drug-likeness (QED) is 0.0948. The van der Waals surface area contributed by atoms with Gasteiger partial charge in [0.25, 0.3) is 0 Å². The SMILES string of the molecule is CCC1NCCc2sccc21.CCC1c2ccsc2CCN1C(=O)COCCN(C)S(=O)(=O)c1c(C)cc(OC)cc1C.COc1cc(C)c(S(=O)(=O)N(C)CCOCC(=O)O)c(C)c1.Cl. The predicted octanol–water partition coefficient (Wildman–Crippen LogP) is 7.35. The number of methoxy groups -OCH3 is 2. The lowest BCUT2D eigenvalue weighted by Crippen LogP contribution is -2.41. The summed E-state index contributed by atoms with van der Waals surface area (Å²) in [6, 6.07) is 11.8. The van der Waals surface area contributed by atoms with E-state index in [1.165, 1.54) is 48.8 Å². The fraction of sp³-hybridized carbons (Fsp3) is 0.522. The summed E-state index contributed by atoms with van der Waals surface area (Å²) >= 11 is 3.65. The number of hydrogen-bond acceptors (Lipinski definition) is 13. The summed E-state index contributed by atoms with van der Waals surface area (Å²) in [5, 5.41) is 16.3. The molecule has 368 valence electrons. The molecular weight excluding hydrogens is 948 g/mol. The first-order chi connectivity index (χ1) is 30.8. The molecule has 4 aromatic rings. The first-order valence-corrected chi connectivity index (χ1v) is 26.2. The van der Waals surface area contributed by atoms with Crippen molar-refractivity contribution in [2.75, 3.05) is 80.9 Å². The number of carbonyl (C=O) groups is 2. The zero-order valence-corrected chi connectivity index (χ0v) is 43.8. The number of thiophene rings is 2. The van der Waals surface area contributed by atoms with Crippen LogP contribution in [0.2, 0.25) is 0 Å². The Morgan fingerprint density at radius 3 is 1.64 bits per heavy atom. The number of fused-ring (bicyclic) bond motifs is 2. The Bertz CT molecular complexity index is 2400. The second kappa shape index (κ2) is 26.2. The first kappa shape index (κ1) is 56.7. The number of hydrogen-bond donors (Lipinski definition) is 2. The predicted molar refractivity (Wildman–Crippen MR) is 263 cm³/mol. The van der Waals surface area contributed by atoms with E-state index in [0.717, 1.165) is 23.7 Å². The van der Waals surface area contributed by atoms with Crippen LogP contribution >= 0.6 is 35.1 Å². The van der Waals surface area contributed by atoms with Gasteiger partial charge in [0.15, 0.2) is 0 Å². The van der Waals surface area contributed by atoms with Gasteiger partial charge in [-0.2, -0.15) is 8.61 Å². The Kier molecular flexibility index (Phi) is 22.5. The summed E-state index contributed by atoms with van der Waals surface area (Å²) in [5.74, 6) is 0.0796. The number of nitrogens with zero attached hydrogens (tertiary/aromatic N) is 3. The molecule has 2 aliphatic rings. The lowest BCUT2D eigenvalue weighted by Gasteiger charge is -2.35. The van der Waals surface area contributed by atoms with E-state index in [1.807, 2.05) is 16.2 Å². The Morgan fingerprint density at radius 2 is 1.20 bits per heavy atom. The summed E-state index contributed by atoms with van der Waals surface area (Å²) in [5.41, 5.74) is 5.24. The lowest BCUT2D eigenvalue weighted by atomic mass is 9.98. The standard InChI is InChI=1S/C23H32N2O5S2.C14H21NO6S.C9H13NS.ClH/c1-6-20-19-8-12-31-21(19)7-9-25(20)22(26)15-30-11-10-24(4)32(27,28)23-16(2)13-18(29-5)14-17(23)3;1-10-7-12(20-4)8-11(2)14(10)22(18,19)15(3)5-6-21-9-13(16)17;1-2-8-7-4-6-11-9(7)3-5-10-8;/h8,12-14,20H,6-7,9-11,15H2,1-5H3;7-8H,5-6,9H2,1-4H3,(H,16,17);4,6,8,10H,2-3,5H2,1H3;1H. The number of carbonyl (C=O) groups excluding carboxylic acids is 1. The fourth-order valence-electron chi connectivity index (χ4n) is 8.04. The highest BCUT2D eigenvalue weighted by molar-refractivity contribution is 7.89. The highest BCUT2D eigenvalue weighted by atomic mass is 35.5.